The number of carbonyl (C=O) groups is 1. The average molecular weight is 323 g/mol. The molecule has 1 fully saturated rings. The van der Waals surface area contributed by atoms with Gasteiger partial charge in [-0.25, -0.2) is 0 Å². The van der Waals surface area contributed by atoms with E-state index in [4.69, 9.17) is 0 Å². The molecule has 1 aromatic carbocycles. The summed E-state index contributed by atoms with van der Waals surface area (Å²) in [5.41, 5.74) is 2.02. The third-order valence-corrected chi connectivity index (χ3v) is 4.73. The second-order valence-corrected chi connectivity index (χ2v) is 6.44. The summed E-state index contributed by atoms with van der Waals surface area (Å²) in [5, 5.41) is 0. The first-order valence-corrected chi connectivity index (χ1v) is 8.67. The first-order chi connectivity index (χ1) is 11.7. The van der Waals surface area contributed by atoms with Crippen molar-refractivity contribution in [2.75, 3.05) is 26.7 Å². The number of hydrogen-bond donors (Lipinski definition) is 0. The molecule has 0 unspecified atom stereocenters. The highest BCUT2D eigenvalue weighted by Crippen LogP contribution is 2.23. The standard InChI is InChI=1S/C20H25N3O/c1-22(20(24)15-18-11-5-6-12-21-18)19(16-23-13-7-8-14-23)17-9-3-2-4-10-17/h2-6,9-12,19H,7-8,13-16H2,1H3/t19-/m1/s1. The van der Waals surface area contributed by atoms with Crippen molar-refractivity contribution in [2.45, 2.75) is 25.3 Å². The normalized spacial score (nSPS) is 16.0. The summed E-state index contributed by atoms with van der Waals surface area (Å²) in [5.74, 6) is 0.113. The summed E-state index contributed by atoms with van der Waals surface area (Å²) in [4.78, 5) is 21.4. The van der Waals surface area contributed by atoms with Gasteiger partial charge in [-0.05, 0) is 43.6 Å². The predicted octanol–water partition coefficient (Wildman–Crippen LogP) is 2.92. The lowest BCUT2D eigenvalue weighted by Crippen LogP contribution is -2.39. The second-order valence-electron chi connectivity index (χ2n) is 6.44. The Morgan fingerprint density at radius 1 is 1.12 bits per heavy atom. The van der Waals surface area contributed by atoms with Crippen LogP contribution in [0.2, 0.25) is 0 Å². The molecule has 4 heteroatoms. The van der Waals surface area contributed by atoms with E-state index in [1.165, 1.54) is 18.4 Å². The Morgan fingerprint density at radius 2 is 1.83 bits per heavy atom. The van der Waals surface area contributed by atoms with Crippen molar-refractivity contribution >= 4 is 5.91 Å². The van der Waals surface area contributed by atoms with Gasteiger partial charge in [0.1, 0.15) is 0 Å². The van der Waals surface area contributed by atoms with Gasteiger partial charge in [-0.2, -0.15) is 0 Å². The van der Waals surface area contributed by atoms with E-state index in [2.05, 4.69) is 22.0 Å². The van der Waals surface area contributed by atoms with E-state index in [0.717, 1.165) is 25.3 Å². The Balaban J connectivity index is 1.74. The topological polar surface area (TPSA) is 36.4 Å². The molecular formula is C20H25N3O. The van der Waals surface area contributed by atoms with Crippen LogP contribution in [0.25, 0.3) is 0 Å². The lowest BCUT2D eigenvalue weighted by molar-refractivity contribution is -0.131. The van der Waals surface area contributed by atoms with Crippen molar-refractivity contribution in [3.05, 3.63) is 66.0 Å². The minimum Gasteiger partial charge on any atom is -0.337 e. The first-order valence-electron chi connectivity index (χ1n) is 8.67. The minimum atomic E-state index is 0.0838. The smallest absolute Gasteiger partial charge is 0.228 e. The second kappa shape index (κ2) is 8.06. The summed E-state index contributed by atoms with van der Waals surface area (Å²) in [6, 6.07) is 16.1. The molecule has 1 aliphatic rings. The van der Waals surface area contributed by atoms with Crippen LogP contribution < -0.4 is 0 Å². The van der Waals surface area contributed by atoms with E-state index in [-0.39, 0.29) is 11.9 Å². The van der Waals surface area contributed by atoms with Crippen LogP contribution in [0, 0.1) is 0 Å². The van der Waals surface area contributed by atoms with Gasteiger partial charge in [0.05, 0.1) is 12.5 Å². The molecule has 1 atom stereocenters. The largest absolute Gasteiger partial charge is 0.337 e. The van der Waals surface area contributed by atoms with Crippen LogP contribution in [0.5, 0.6) is 0 Å². The molecule has 2 aromatic rings. The van der Waals surface area contributed by atoms with Gasteiger partial charge >= 0.3 is 0 Å². The lowest BCUT2D eigenvalue weighted by Gasteiger charge is -2.32. The molecule has 0 bridgehead atoms. The van der Waals surface area contributed by atoms with Gasteiger partial charge in [0, 0.05) is 25.5 Å². The number of benzene rings is 1. The SMILES string of the molecule is CN(C(=O)Cc1ccccn1)[C@H](CN1CCCC1)c1ccccc1. The molecule has 1 saturated heterocycles. The zero-order valence-corrected chi connectivity index (χ0v) is 14.3. The highest BCUT2D eigenvalue weighted by molar-refractivity contribution is 5.78. The van der Waals surface area contributed by atoms with Crippen molar-refractivity contribution in [3.8, 4) is 0 Å². The van der Waals surface area contributed by atoms with Gasteiger partial charge in [0.25, 0.3) is 0 Å². The van der Waals surface area contributed by atoms with Crippen molar-refractivity contribution in [1.82, 2.24) is 14.8 Å². The number of amides is 1. The zero-order chi connectivity index (χ0) is 16.8. The number of hydrogen-bond acceptors (Lipinski definition) is 3. The lowest BCUT2D eigenvalue weighted by atomic mass is 10.0. The zero-order valence-electron chi connectivity index (χ0n) is 14.3. The van der Waals surface area contributed by atoms with E-state index in [9.17, 15) is 4.79 Å². The third kappa shape index (κ3) is 4.20. The first kappa shape index (κ1) is 16.7. The summed E-state index contributed by atoms with van der Waals surface area (Å²) in [6.07, 6.45) is 4.60. The Hall–Kier alpha value is -2.20. The number of likely N-dealkylation sites (N-methyl/N-ethyl adjacent to an activating group) is 1. The molecule has 1 amide bonds. The molecule has 2 heterocycles. The number of nitrogens with zero attached hydrogens (tertiary/aromatic N) is 3. The maximum atomic E-state index is 12.8. The molecule has 1 aliphatic heterocycles. The molecule has 4 nitrogen and oxygen atoms in total. The van der Waals surface area contributed by atoms with Crippen LogP contribution in [0.4, 0.5) is 0 Å². The van der Waals surface area contributed by atoms with Crippen LogP contribution in [-0.2, 0) is 11.2 Å². The fraction of sp³-hybridized carbons (Fsp3) is 0.400. The van der Waals surface area contributed by atoms with Crippen LogP contribution in [0.3, 0.4) is 0 Å². The predicted molar refractivity (Wildman–Crippen MR) is 95.6 cm³/mol. The number of aromatic nitrogens is 1. The Morgan fingerprint density at radius 3 is 2.50 bits per heavy atom. The van der Waals surface area contributed by atoms with Crippen molar-refractivity contribution < 1.29 is 4.79 Å². The van der Waals surface area contributed by atoms with Crippen LogP contribution in [0.15, 0.2) is 54.7 Å². The molecule has 0 saturated carbocycles. The third-order valence-electron chi connectivity index (χ3n) is 4.73. The molecule has 0 N–H and O–H groups in total. The summed E-state index contributed by atoms with van der Waals surface area (Å²) in [7, 11) is 1.92. The highest BCUT2D eigenvalue weighted by atomic mass is 16.2. The van der Waals surface area contributed by atoms with E-state index < -0.39 is 0 Å². The molecule has 126 valence electrons. The molecule has 24 heavy (non-hydrogen) atoms. The number of carbonyl (C=O) groups excluding carboxylic acids is 1. The average Bonchev–Trinajstić information content (AvgIpc) is 3.14. The number of pyridine rings is 1. The molecule has 1 aromatic heterocycles. The van der Waals surface area contributed by atoms with Crippen LogP contribution in [-0.4, -0.2) is 47.4 Å². The van der Waals surface area contributed by atoms with Gasteiger partial charge < -0.3 is 9.80 Å². The van der Waals surface area contributed by atoms with Crippen LogP contribution in [0.1, 0.15) is 30.1 Å². The summed E-state index contributed by atoms with van der Waals surface area (Å²) < 4.78 is 0. The Labute approximate surface area is 144 Å². The quantitative estimate of drug-likeness (QED) is 0.820. The van der Waals surface area contributed by atoms with E-state index in [0.29, 0.717) is 6.42 Å². The highest BCUT2D eigenvalue weighted by Gasteiger charge is 2.25. The number of rotatable bonds is 6. The Bertz CT molecular complexity index is 638. The molecular weight excluding hydrogens is 298 g/mol. The van der Waals surface area contributed by atoms with Crippen molar-refractivity contribution in [2.24, 2.45) is 0 Å². The van der Waals surface area contributed by atoms with Gasteiger partial charge in [-0.3, -0.25) is 9.78 Å². The Kier molecular flexibility index (Phi) is 5.59. The molecule has 0 aliphatic carbocycles. The van der Waals surface area contributed by atoms with Crippen molar-refractivity contribution in [3.63, 3.8) is 0 Å². The van der Waals surface area contributed by atoms with E-state index in [1.54, 1.807) is 6.20 Å². The van der Waals surface area contributed by atoms with E-state index in [1.807, 2.05) is 48.3 Å². The fourth-order valence-corrected chi connectivity index (χ4v) is 3.29. The molecule has 0 spiro atoms. The summed E-state index contributed by atoms with van der Waals surface area (Å²) in [6.45, 7) is 3.16. The van der Waals surface area contributed by atoms with Gasteiger partial charge in [-0.1, -0.05) is 36.4 Å². The van der Waals surface area contributed by atoms with Gasteiger partial charge in [-0.15, -0.1) is 0 Å². The van der Waals surface area contributed by atoms with Crippen molar-refractivity contribution in [1.29, 1.82) is 0 Å². The van der Waals surface area contributed by atoms with Gasteiger partial charge in [0.2, 0.25) is 5.91 Å². The van der Waals surface area contributed by atoms with Gasteiger partial charge in [0.15, 0.2) is 0 Å². The summed E-state index contributed by atoms with van der Waals surface area (Å²) >= 11 is 0. The fourth-order valence-electron chi connectivity index (χ4n) is 3.29. The monoisotopic (exact) mass is 323 g/mol. The number of likely N-dealkylation sites (tertiary alicyclic amines) is 1. The maximum absolute atomic E-state index is 12.8. The minimum absolute atomic E-state index is 0.0838. The van der Waals surface area contributed by atoms with Crippen LogP contribution >= 0.6 is 0 Å². The molecule has 0 radical (unpaired) electrons. The molecule has 3 rings (SSSR count). The maximum Gasteiger partial charge on any atom is 0.228 e. The van der Waals surface area contributed by atoms with E-state index >= 15 is 0 Å².